The average molecular weight is 377 g/mol. The van der Waals surface area contributed by atoms with E-state index in [0.717, 1.165) is 22.2 Å². The molecule has 28 heavy (non-hydrogen) atoms. The normalized spacial score (nSPS) is 11.0. The Morgan fingerprint density at radius 1 is 0.929 bits per heavy atom. The van der Waals surface area contributed by atoms with Crippen LogP contribution in [0.3, 0.4) is 0 Å². The van der Waals surface area contributed by atoms with Gasteiger partial charge in [0.2, 0.25) is 0 Å². The fourth-order valence-corrected chi connectivity index (χ4v) is 3.17. The van der Waals surface area contributed by atoms with Crippen molar-refractivity contribution in [3.8, 4) is 17.2 Å². The molecule has 2 aromatic carbocycles. The molecule has 7 heteroatoms. The molecule has 0 radical (unpaired) electrons. The fourth-order valence-electron chi connectivity index (χ4n) is 3.17. The third-order valence-electron chi connectivity index (χ3n) is 4.58. The summed E-state index contributed by atoms with van der Waals surface area (Å²) < 4.78 is 15.8. The molecule has 2 heterocycles. The Morgan fingerprint density at radius 2 is 1.71 bits per heavy atom. The Kier molecular flexibility index (Phi) is 4.57. The monoisotopic (exact) mass is 377 g/mol. The quantitative estimate of drug-likeness (QED) is 0.575. The number of nitrogens with zero attached hydrogens (tertiary/aromatic N) is 2. The van der Waals surface area contributed by atoms with E-state index in [-0.39, 0.29) is 5.56 Å². The van der Waals surface area contributed by atoms with Gasteiger partial charge in [-0.25, -0.2) is 4.98 Å². The van der Waals surface area contributed by atoms with Crippen molar-refractivity contribution in [2.45, 2.75) is 6.42 Å². The van der Waals surface area contributed by atoms with Crippen LogP contribution in [0.25, 0.3) is 21.8 Å². The van der Waals surface area contributed by atoms with Crippen LogP contribution in [0.1, 0.15) is 11.4 Å². The van der Waals surface area contributed by atoms with Gasteiger partial charge in [-0.05, 0) is 35.9 Å². The summed E-state index contributed by atoms with van der Waals surface area (Å²) in [5.74, 6) is 2.33. The molecule has 0 saturated carbocycles. The van der Waals surface area contributed by atoms with Crippen LogP contribution in [0.4, 0.5) is 0 Å². The van der Waals surface area contributed by atoms with Crippen LogP contribution < -0.4 is 19.8 Å². The zero-order valence-corrected chi connectivity index (χ0v) is 15.8. The number of aromatic nitrogens is 3. The Hall–Kier alpha value is -3.61. The zero-order chi connectivity index (χ0) is 19.7. The lowest BCUT2D eigenvalue weighted by Crippen LogP contribution is -2.12. The predicted octanol–water partition coefficient (Wildman–Crippen LogP) is 3.09. The van der Waals surface area contributed by atoms with E-state index in [1.54, 1.807) is 32.5 Å². The molecule has 0 spiro atoms. The number of aromatic amines is 1. The number of hydrogen-bond donors (Lipinski definition) is 1. The molecule has 7 nitrogen and oxygen atoms in total. The SMILES string of the molecule is COc1ccc2ncc(Cc3nc4cc(OC)c(OC)cc4c(=O)[nH]3)cc2c1. The van der Waals surface area contributed by atoms with Crippen LogP contribution in [-0.2, 0) is 6.42 Å². The van der Waals surface area contributed by atoms with E-state index in [1.807, 2.05) is 24.3 Å². The zero-order valence-electron chi connectivity index (χ0n) is 15.8. The van der Waals surface area contributed by atoms with E-state index in [2.05, 4.69) is 15.0 Å². The maximum Gasteiger partial charge on any atom is 0.258 e. The maximum absolute atomic E-state index is 12.5. The predicted molar refractivity (Wildman–Crippen MR) is 107 cm³/mol. The lowest BCUT2D eigenvalue weighted by Gasteiger charge is -2.09. The molecule has 0 aliphatic rings. The van der Waals surface area contributed by atoms with Gasteiger partial charge in [-0.15, -0.1) is 0 Å². The summed E-state index contributed by atoms with van der Waals surface area (Å²) >= 11 is 0. The van der Waals surface area contributed by atoms with Gasteiger partial charge in [0.25, 0.3) is 5.56 Å². The van der Waals surface area contributed by atoms with Crippen molar-refractivity contribution in [3.63, 3.8) is 0 Å². The lowest BCUT2D eigenvalue weighted by molar-refractivity contribution is 0.355. The number of fused-ring (bicyclic) bond motifs is 2. The highest BCUT2D eigenvalue weighted by Crippen LogP contribution is 2.30. The summed E-state index contributed by atoms with van der Waals surface area (Å²) in [5.41, 5.74) is 2.13. The fraction of sp³-hybridized carbons (Fsp3) is 0.190. The van der Waals surface area contributed by atoms with Crippen molar-refractivity contribution >= 4 is 21.8 Å². The molecule has 0 fully saturated rings. The summed E-state index contributed by atoms with van der Waals surface area (Å²) in [7, 11) is 4.71. The molecule has 142 valence electrons. The van der Waals surface area contributed by atoms with Crippen LogP contribution in [0, 0.1) is 0 Å². The van der Waals surface area contributed by atoms with E-state index in [0.29, 0.717) is 34.6 Å². The Morgan fingerprint density at radius 3 is 2.46 bits per heavy atom. The Bertz CT molecular complexity index is 1230. The van der Waals surface area contributed by atoms with Gasteiger partial charge in [0, 0.05) is 24.1 Å². The van der Waals surface area contributed by atoms with Crippen molar-refractivity contribution in [3.05, 3.63) is 64.3 Å². The van der Waals surface area contributed by atoms with Gasteiger partial charge in [-0.2, -0.15) is 0 Å². The van der Waals surface area contributed by atoms with Gasteiger partial charge < -0.3 is 19.2 Å². The number of hydrogen-bond acceptors (Lipinski definition) is 6. The molecule has 0 bridgehead atoms. The van der Waals surface area contributed by atoms with Crippen LogP contribution in [0.15, 0.2) is 47.4 Å². The van der Waals surface area contributed by atoms with Gasteiger partial charge in [-0.3, -0.25) is 9.78 Å². The first-order chi connectivity index (χ1) is 13.6. The third-order valence-corrected chi connectivity index (χ3v) is 4.58. The molecule has 0 saturated heterocycles. The van der Waals surface area contributed by atoms with Crippen LogP contribution in [0.2, 0.25) is 0 Å². The number of benzene rings is 2. The molecule has 0 aliphatic carbocycles. The smallest absolute Gasteiger partial charge is 0.258 e. The Labute approximate surface area is 160 Å². The molecule has 0 amide bonds. The minimum Gasteiger partial charge on any atom is -0.497 e. The van der Waals surface area contributed by atoms with Crippen molar-refractivity contribution in [2.75, 3.05) is 21.3 Å². The summed E-state index contributed by atoms with van der Waals surface area (Å²) in [6.07, 6.45) is 2.23. The van der Waals surface area contributed by atoms with Crippen molar-refractivity contribution in [1.82, 2.24) is 15.0 Å². The van der Waals surface area contributed by atoms with Gasteiger partial charge >= 0.3 is 0 Å². The first kappa shape index (κ1) is 17.8. The van der Waals surface area contributed by atoms with Gasteiger partial charge in [0.1, 0.15) is 11.6 Å². The minimum absolute atomic E-state index is 0.226. The topological polar surface area (TPSA) is 86.3 Å². The van der Waals surface area contributed by atoms with Gasteiger partial charge in [-0.1, -0.05) is 0 Å². The summed E-state index contributed by atoms with van der Waals surface area (Å²) in [4.78, 5) is 24.4. The number of nitrogens with one attached hydrogen (secondary N) is 1. The van der Waals surface area contributed by atoms with Crippen LogP contribution >= 0.6 is 0 Å². The summed E-state index contributed by atoms with van der Waals surface area (Å²) in [6.45, 7) is 0. The second kappa shape index (κ2) is 7.19. The number of pyridine rings is 1. The number of ether oxygens (including phenoxy) is 3. The van der Waals surface area contributed by atoms with Crippen molar-refractivity contribution in [2.24, 2.45) is 0 Å². The molecular weight excluding hydrogens is 358 g/mol. The van der Waals surface area contributed by atoms with Crippen LogP contribution in [0.5, 0.6) is 17.2 Å². The largest absolute Gasteiger partial charge is 0.497 e. The first-order valence-electron chi connectivity index (χ1n) is 8.69. The van der Waals surface area contributed by atoms with Gasteiger partial charge in [0.05, 0.1) is 37.7 Å². The third kappa shape index (κ3) is 3.22. The molecule has 2 aromatic heterocycles. The second-order valence-electron chi connectivity index (χ2n) is 6.32. The number of methoxy groups -OCH3 is 3. The van der Waals surface area contributed by atoms with E-state index in [4.69, 9.17) is 14.2 Å². The van der Waals surface area contributed by atoms with E-state index >= 15 is 0 Å². The number of rotatable bonds is 5. The standard InChI is InChI=1S/C21H19N3O4/c1-26-14-4-5-16-13(8-14)6-12(11-22-16)7-20-23-17-10-19(28-3)18(27-2)9-15(17)21(25)24-20/h4-6,8-11H,7H2,1-3H3,(H,23,24,25). The molecule has 0 unspecified atom stereocenters. The second-order valence-corrected chi connectivity index (χ2v) is 6.32. The lowest BCUT2D eigenvalue weighted by atomic mass is 10.1. The molecule has 4 aromatic rings. The van der Waals surface area contributed by atoms with Crippen molar-refractivity contribution in [1.29, 1.82) is 0 Å². The molecule has 1 N–H and O–H groups in total. The molecule has 0 aliphatic heterocycles. The minimum atomic E-state index is -0.226. The molecule has 0 atom stereocenters. The summed E-state index contributed by atoms with van der Waals surface area (Å²) in [5, 5.41) is 1.41. The van der Waals surface area contributed by atoms with Crippen LogP contribution in [-0.4, -0.2) is 36.3 Å². The number of H-pyrrole nitrogens is 1. The van der Waals surface area contributed by atoms with Crippen molar-refractivity contribution < 1.29 is 14.2 Å². The van der Waals surface area contributed by atoms with E-state index < -0.39 is 0 Å². The van der Waals surface area contributed by atoms with Gasteiger partial charge in [0.15, 0.2) is 11.5 Å². The average Bonchev–Trinajstić information content (AvgIpc) is 2.72. The highest BCUT2D eigenvalue weighted by Gasteiger charge is 2.11. The first-order valence-corrected chi connectivity index (χ1v) is 8.69. The highest BCUT2D eigenvalue weighted by atomic mass is 16.5. The Balaban J connectivity index is 1.75. The molecular formula is C21H19N3O4. The van der Waals surface area contributed by atoms with E-state index in [1.165, 1.54) is 7.11 Å². The van der Waals surface area contributed by atoms with E-state index in [9.17, 15) is 4.79 Å². The molecule has 4 rings (SSSR count). The maximum atomic E-state index is 12.5. The highest BCUT2D eigenvalue weighted by molar-refractivity contribution is 5.82. The summed E-state index contributed by atoms with van der Waals surface area (Å²) in [6, 6.07) is 11.1.